The van der Waals surface area contributed by atoms with Crippen LogP contribution in [0.5, 0.6) is 0 Å². The molecule has 0 atom stereocenters. The summed E-state index contributed by atoms with van der Waals surface area (Å²) in [4.78, 5) is 13.4. The summed E-state index contributed by atoms with van der Waals surface area (Å²) in [5.74, 6) is 0.0837. The van der Waals surface area contributed by atoms with Crippen molar-refractivity contribution in [2.24, 2.45) is 0 Å². The Morgan fingerprint density at radius 3 is 2.82 bits per heavy atom. The third-order valence-electron chi connectivity index (χ3n) is 2.72. The highest BCUT2D eigenvalue weighted by atomic mass is 16.5. The summed E-state index contributed by atoms with van der Waals surface area (Å²) < 4.78 is 4.50. The molecule has 0 bridgehead atoms. The molecule has 0 aliphatic rings. The van der Waals surface area contributed by atoms with Crippen LogP contribution in [0.15, 0.2) is 27.5 Å². The average Bonchev–Trinajstić information content (AvgIpc) is 2.69. The number of hydrogen-bond donors (Lipinski definition) is 1. The maximum absolute atomic E-state index is 10.9. The molecule has 4 heteroatoms. The standard InChI is InChI=1S/C13H16N2O2/c1-3-4-10-7-9(2)5-6-11(10)8-12-14-13(16)17-15-12/h5-7H,3-4,8H2,1-2H3,(H,14,15,16). The van der Waals surface area contributed by atoms with E-state index in [-0.39, 0.29) is 0 Å². The van der Waals surface area contributed by atoms with E-state index in [4.69, 9.17) is 0 Å². The molecule has 0 aliphatic heterocycles. The van der Waals surface area contributed by atoms with E-state index < -0.39 is 5.76 Å². The quantitative estimate of drug-likeness (QED) is 0.879. The smallest absolute Gasteiger partial charge is 0.296 e. The topological polar surface area (TPSA) is 58.9 Å². The van der Waals surface area contributed by atoms with Crippen LogP contribution in [0.25, 0.3) is 0 Å². The molecule has 0 fully saturated rings. The van der Waals surface area contributed by atoms with Crippen molar-refractivity contribution in [3.05, 3.63) is 51.3 Å². The van der Waals surface area contributed by atoms with Gasteiger partial charge in [-0.3, -0.25) is 9.51 Å². The molecule has 1 aromatic carbocycles. The lowest BCUT2D eigenvalue weighted by atomic mass is 9.98. The first kappa shape index (κ1) is 11.6. The Kier molecular flexibility index (Phi) is 3.42. The summed E-state index contributed by atoms with van der Waals surface area (Å²) in [6.45, 7) is 4.24. The number of hydrogen-bond acceptors (Lipinski definition) is 3. The third kappa shape index (κ3) is 2.84. The van der Waals surface area contributed by atoms with E-state index in [1.165, 1.54) is 16.7 Å². The molecule has 4 nitrogen and oxygen atoms in total. The van der Waals surface area contributed by atoms with Crippen LogP contribution in [-0.2, 0) is 12.8 Å². The highest BCUT2D eigenvalue weighted by Gasteiger charge is 2.07. The van der Waals surface area contributed by atoms with Gasteiger partial charge >= 0.3 is 5.76 Å². The van der Waals surface area contributed by atoms with Gasteiger partial charge in [0.1, 0.15) is 0 Å². The van der Waals surface area contributed by atoms with Gasteiger partial charge in [-0.2, -0.15) is 0 Å². The second-order valence-electron chi connectivity index (χ2n) is 4.24. The molecule has 0 unspecified atom stereocenters. The summed E-state index contributed by atoms with van der Waals surface area (Å²) in [7, 11) is 0. The molecule has 0 saturated carbocycles. The lowest BCUT2D eigenvalue weighted by Gasteiger charge is -2.08. The molecule has 0 aliphatic carbocycles. The minimum atomic E-state index is -0.496. The summed E-state index contributed by atoms with van der Waals surface area (Å²) in [5.41, 5.74) is 3.77. The predicted molar refractivity (Wildman–Crippen MR) is 65.1 cm³/mol. The molecule has 0 radical (unpaired) electrons. The Hall–Kier alpha value is -1.84. The predicted octanol–water partition coefficient (Wildman–Crippen LogP) is 2.21. The Bertz CT molecular complexity index is 555. The van der Waals surface area contributed by atoms with E-state index in [2.05, 4.69) is 46.7 Å². The maximum Gasteiger partial charge on any atom is 0.438 e. The number of aromatic nitrogens is 2. The van der Waals surface area contributed by atoms with Crippen LogP contribution in [-0.4, -0.2) is 10.1 Å². The number of aryl methyl sites for hydroxylation is 2. The summed E-state index contributed by atoms with van der Waals surface area (Å²) in [6.07, 6.45) is 2.76. The Morgan fingerprint density at radius 1 is 1.35 bits per heavy atom. The van der Waals surface area contributed by atoms with E-state index in [1.54, 1.807) is 0 Å². The van der Waals surface area contributed by atoms with Gasteiger partial charge in [0.05, 0.1) is 0 Å². The van der Waals surface area contributed by atoms with Crippen LogP contribution >= 0.6 is 0 Å². The number of benzene rings is 1. The molecule has 2 rings (SSSR count). The van der Waals surface area contributed by atoms with Gasteiger partial charge in [-0.15, -0.1) is 0 Å². The van der Waals surface area contributed by atoms with Gasteiger partial charge in [0, 0.05) is 6.42 Å². The van der Waals surface area contributed by atoms with Crippen molar-refractivity contribution >= 4 is 0 Å². The molecule has 0 saturated heterocycles. The van der Waals surface area contributed by atoms with Gasteiger partial charge in [0.15, 0.2) is 5.82 Å². The molecule has 0 spiro atoms. The zero-order valence-electron chi connectivity index (χ0n) is 10.1. The van der Waals surface area contributed by atoms with E-state index in [9.17, 15) is 4.79 Å². The second-order valence-corrected chi connectivity index (χ2v) is 4.24. The van der Waals surface area contributed by atoms with Gasteiger partial charge < -0.3 is 0 Å². The fourth-order valence-corrected chi connectivity index (χ4v) is 1.95. The van der Waals surface area contributed by atoms with Crippen LogP contribution in [0.1, 0.15) is 35.9 Å². The van der Waals surface area contributed by atoms with E-state index in [0.29, 0.717) is 12.2 Å². The van der Waals surface area contributed by atoms with Gasteiger partial charge in [0.2, 0.25) is 0 Å². The number of H-pyrrole nitrogens is 1. The Labute approximate surface area is 99.7 Å². The molecule has 1 N–H and O–H groups in total. The van der Waals surface area contributed by atoms with Crippen molar-refractivity contribution in [3.8, 4) is 0 Å². The Balaban J connectivity index is 2.28. The van der Waals surface area contributed by atoms with E-state index >= 15 is 0 Å². The van der Waals surface area contributed by atoms with E-state index in [1.807, 2.05) is 0 Å². The maximum atomic E-state index is 10.9. The highest BCUT2D eigenvalue weighted by Crippen LogP contribution is 2.16. The van der Waals surface area contributed by atoms with E-state index in [0.717, 1.165) is 12.8 Å². The number of nitrogens with one attached hydrogen (secondary N) is 1. The first-order valence-electron chi connectivity index (χ1n) is 5.82. The minimum absolute atomic E-state index is 0.496. The van der Waals surface area contributed by atoms with Crippen LogP contribution in [0.3, 0.4) is 0 Å². The zero-order chi connectivity index (χ0) is 12.3. The SMILES string of the molecule is CCCc1cc(C)ccc1Cc1noc(=O)[nH]1. The van der Waals surface area contributed by atoms with Crippen molar-refractivity contribution in [2.45, 2.75) is 33.1 Å². The molecule has 2 aromatic rings. The first-order valence-corrected chi connectivity index (χ1v) is 5.82. The summed E-state index contributed by atoms with van der Waals surface area (Å²) in [5, 5.41) is 3.69. The summed E-state index contributed by atoms with van der Waals surface area (Å²) >= 11 is 0. The molecule has 17 heavy (non-hydrogen) atoms. The lowest BCUT2D eigenvalue weighted by Crippen LogP contribution is -2.01. The van der Waals surface area contributed by atoms with Crippen molar-refractivity contribution in [1.82, 2.24) is 10.1 Å². The minimum Gasteiger partial charge on any atom is -0.296 e. The van der Waals surface area contributed by atoms with Crippen LogP contribution in [0, 0.1) is 6.92 Å². The van der Waals surface area contributed by atoms with Gasteiger partial charge in [-0.05, 0) is 24.5 Å². The largest absolute Gasteiger partial charge is 0.438 e. The van der Waals surface area contributed by atoms with Crippen molar-refractivity contribution in [2.75, 3.05) is 0 Å². The van der Waals surface area contributed by atoms with Crippen molar-refractivity contribution < 1.29 is 4.52 Å². The fourth-order valence-electron chi connectivity index (χ4n) is 1.95. The van der Waals surface area contributed by atoms with Gasteiger partial charge in [0.25, 0.3) is 0 Å². The number of nitrogens with zero attached hydrogens (tertiary/aromatic N) is 1. The monoisotopic (exact) mass is 232 g/mol. The molecule has 90 valence electrons. The van der Waals surface area contributed by atoms with Crippen LogP contribution in [0.2, 0.25) is 0 Å². The number of rotatable bonds is 4. The molecule has 1 heterocycles. The molecular weight excluding hydrogens is 216 g/mol. The van der Waals surface area contributed by atoms with Crippen molar-refractivity contribution in [1.29, 1.82) is 0 Å². The van der Waals surface area contributed by atoms with Crippen LogP contribution in [0.4, 0.5) is 0 Å². The first-order chi connectivity index (χ1) is 8.19. The summed E-state index contributed by atoms with van der Waals surface area (Å²) in [6, 6.07) is 6.36. The molecule has 0 amide bonds. The van der Waals surface area contributed by atoms with Gasteiger partial charge in [-0.1, -0.05) is 42.3 Å². The normalized spacial score (nSPS) is 10.7. The Morgan fingerprint density at radius 2 is 2.18 bits per heavy atom. The number of aromatic amines is 1. The molecular formula is C13H16N2O2. The van der Waals surface area contributed by atoms with Gasteiger partial charge in [-0.25, -0.2) is 4.79 Å². The lowest BCUT2D eigenvalue weighted by molar-refractivity contribution is 0.382. The fraction of sp³-hybridized carbons (Fsp3) is 0.385. The second kappa shape index (κ2) is 4.99. The molecule has 1 aromatic heterocycles. The third-order valence-corrected chi connectivity index (χ3v) is 2.72. The highest BCUT2D eigenvalue weighted by molar-refractivity contribution is 5.33. The zero-order valence-corrected chi connectivity index (χ0v) is 10.1. The average molecular weight is 232 g/mol. The van der Waals surface area contributed by atoms with Crippen LogP contribution < -0.4 is 5.76 Å². The van der Waals surface area contributed by atoms with Crippen molar-refractivity contribution in [3.63, 3.8) is 0 Å².